The topological polar surface area (TPSA) is 65.8 Å². The van der Waals surface area contributed by atoms with Crippen LogP contribution in [0.3, 0.4) is 0 Å². The predicted octanol–water partition coefficient (Wildman–Crippen LogP) is 4.49. The molecule has 160 valence electrons. The zero-order valence-electron chi connectivity index (χ0n) is 17.3. The molecule has 2 heterocycles. The molecule has 1 N–H and O–H groups in total. The quantitative estimate of drug-likeness (QED) is 0.582. The number of hydrogen-bond acceptors (Lipinski definition) is 4. The molecule has 1 fully saturated rings. The van der Waals surface area contributed by atoms with Crippen molar-refractivity contribution in [2.24, 2.45) is 0 Å². The molecule has 1 aliphatic heterocycles. The number of aryl methyl sites for hydroxylation is 1. The van der Waals surface area contributed by atoms with Gasteiger partial charge in [-0.05, 0) is 64.3 Å². The first-order valence-corrected chi connectivity index (χ1v) is 11.0. The van der Waals surface area contributed by atoms with E-state index in [0.717, 1.165) is 31.7 Å². The maximum Gasteiger partial charge on any atom is 0.291 e. The zero-order chi connectivity index (χ0) is 21.8. The number of nitrogens with zero attached hydrogens (tertiary/aromatic N) is 2. The summed E-state index contributed by atoms with van der Waals surface area (Å²) in [5.41, 5.74) is 4.08. The molecule has 1 aromatic heterocycles. The number of carbonyl (C=O) groups is 2. The second kappa shape index (κ2) is 9.39. The number of carbonyl (C=O) groups excluding carboxylic acids is 2. The van der Waals surface area contributed by atoms with Crippen molar-refractivity contribution in [2.75, 3.05) is 36.4 Å². The molecule has 3 aromatic rings. The first-order valence-electron chi connectivity index (χ1n) is 10.2. The third kappa shape index (κ3) is 5.17. The number of benzene rings is 2. The Morgan fingerprint density at radius 1 is 0.968 bits per heavy atom. The lowest BCUT2D eigenvalue weighted by Crippen LogP contribution is -2.49. The average Bonchev–Trinajstić information content (AvgIpc) is 3.22. The largest absolute Gasteiger partial charge is 0.444 e. The first-order chi connectivity index (χ1) is 15.0. The number of para-hydroxylation sites is 1. The van der Waals surface area contributed by atoms with Gasteiger partial charge < -0.3 is 19.5 Å². The minimum absolute atomic E-state index is 0.127. The smallest absolute Gasteiger partial charge is 0.291 e. The first kappa shape index (κ1) is 21.2. The van der Waals surface area contributed by atoms with E-state index in [2.05, 4.69) is 51.3 Å². The number of nitrogens with one attached hydrogen (secondary N) is 1. The van der Waals surface area contributed by atoms with E-state index in [0.29, 0.717) is 16.8 Å². The molecule has 0 saturated carbocycles. The number of furan rings is 1. The summed E-state index contributed by atoms with van der Waals surface area (Å²) in [5, 5.41) is 2.79. The van der Waals surface area contributed by atoms with Gasteiger partial charge in [0.2, 0.25) is 5.91 Å². The molecular formula is C24H24BrN3O3. The van der Waals surface area contributed by atoms with Crippen LogP contribution < -0.4 is 10.2 Å². The average molecular weight is 482 g/mol. The van der Waals surface area contributed by atoms with Crippen LogP contribution in [0.4, 0.5) is 11.4 Å². The van der Waals surface area contributed by atoms with E-state index >= 15 is 0 Å². The van der Waals surface area contributed by atoms with Gasteiger partial charge in [-0.3, -0.25) is 9.59 Å². The third-order valence-electron chi connectivity index (χ3n) is 5.45. The summed E-state index contributed by atoms with van der Waals surface area (Å²) in [4.78, 5) is 29.2. The van der Waals surface area contributed by atoms with Crippen molar-refractivity contribution < 1.29 is 14.0 Å². The molecule has 4 rings (SSSR count). The van der Waals surface area contributed by atoms with Gasteiger partial charge in [-0.25, -0.2) is 0 Å². The Balaban J connectivity index is 1.29. The molecule has 7 heteroatoms. The van der Waals surface area contributed by atoms with Crippen molar-refractivity contribution in [3.05, 3.63) is 82.2 Å². The molecule has 0 aliphatic carbocycles. The summed E-state index contributed by atoms with van der Waals surface area (Å²) in [6.45, 7) is 5.24. The Labute approximate surface area is 190 Å². The maximum absolute atomic E-state index is 12.7. The second-order valence-corrected chi connectivity index (χ2v) is 8.37. The Morgan fingerprint density at radius 2 is 1.68 bits per heavy atom. The predicted molar refractivity (Wildman–Crippen MR) is 124 cm³/mol. The molecule has 0 bridgehead atoms. The number of piperazine rings is 1. The van der Waals surface area contributed by atoms with Gasteiger partial charge >= 0.3 is 0 Å². The van der Waals surface area contributed by atoms with Gasteiger partial charge in [0.25, 0.3) is 5.91 Å². The van der Waals surface area contributed by atoms with Crippen LogP contribution in [0.25, 0.3) is 0 Å². The fourth-order valence-corrected chi connectivity index (χ4v) is 4.04. The highest BCUT2D eigenvalue weighted by molar-refractivity contribution is 9.10. The molecule has 0 radical (unpaired) electrons. The van der Waals surface area contributed by atoms with Gasteiger partial charge in [0.15, 0.2) is 10.4 Å². The van der Waals surface area contributed by atoms with Crippen LogP contribution in [-0.2, 0) is 11.2 Å². The minimum Gasteiger partial charge on any atom is -0.444 e. The lowest BCUT2D eigenvalue weighted by molar-refractivity contribution is -0.130. The van der Waals surface area contributed by atoms with Crippen LogP contribution >= 0.6 is 15.9 Å². The summed E-state index contributed by atoms with van der Waals surface area (Å²) in [6, 6.07) is 19.0. The van der Waals surface area contributed by atoms with Gasteiger partial charge in [0.05, 0.1) is 6.42 Å². The maximum atomic E-state index is 12.7. The Kier molecular flexibility index (Phi) is 6.42. The van der Waals surface area contributed by atoms with Crippen LogP contribution in [0.1, 0.15) is 21.7 Å². The molecule has 2 amide bonds. The molecule has 1 saturated heterocycles. The van der Waals surface area contributed by atoms with E-state index in [4.69, 9.17) is 4.42 Å². The SMILES string of the molecule is Cc1ccccc1N1CCN(C(=O)Cc2ccc(NC(=O)c3ccc(Br)o3)cc2)CC1. The highest BCUT2D eigenvalue weighted by Gasteiger charge is 2.22. The molecule has 1 aliphatic rings. The number of hydrogen-bond donors (Lipinski definition) is 1. The monoisotopic (exact) mass is 481 g/mol. The Bertz CT molecular complexity index is 1070. The molecular weight excluding hydrogens is 458 g/mol. The fraction of sp³-hybridized carbons (Fsp3) is 0.250. The van der Waals surface area contributed by atoms with Gasteiger partial charge in [0.1, 0.15) is 0 Å². The second-order valence-electron chi connectivity index (χ2n) is 7.59. The highest BCUT2D eigenvalue weighted by Crippen LogP contribution is 2.21. The van der Waals surface area contributed by atoms with Crippen LogP contribution in [0.2, 0.25) is 0 Å². The van der Waals surface area contributed by atoms with E-state index < -0.39 is 0 Å². The van der Waals surface area contributed by atoms with Gasteiger partial charge in [-0.2, -0.15) is 0 Å². The Morgan fingerprint density at radius 3 is 2.32 bits per heavy atom. The van der Waals surface area contributed by atoms with Crippen LogP contribution in [-0.4, -0.2) is 42.9 Å². The van der Waals surface area contributed by atoms with Crippen molar-refractivity contribution in [1.82, 2.24) is 4.90 Å². The highest BCUT2D eigenvalue weighted by atomic mass is 79.9. The van der Waals surface area contributed by atoms with E-state index in [-0.39, 0.29) is 17.6 Å². The summed E-state index contributed by atoms with van der Waals surface area (Å²) in [7, 11) is 0. The lowest BCUT2D eigenvalue weighted by atomic mass is 10.1. The molecule has 0 unspecified atom stereocenters. The summed E-state index contributed by atoms with van der Waals surface area (Å²) in [6.07, 6.45) is 0.351. The van der Waals surface area contributed by atoms with Crippen molar-refractivity contribution in [2.45, 2.75) is 13.3 Å². The van der Waals surface area contributed by atoms with Gasteiger partial charge in [-0.15, -0.1) is 0 Å². The molecule has 6 nitrogen and oxygen atoms in total. The number of anilines is 2. The van der Waals surface area contributed by atoms with Crippen LogP contribution in [0.5, 0.6) is 0 Å². The van der Waals surface area contributed by atoms with Crippen molar-refractivity contribution in [3.63, 3.8) is 0 Å². The van der Waals surface area contributed by atoms with Gasteiger partial charge in [-0.1, -0.05) is 30.3 Å². The zero-order valence-corrected chi connectivity index (χ0v) is 18.9. The third-order valence-corrected chi connectivity index (χ3v) is 5.88. The number of amides is 2. The lowest BCUT2D eigenvalue weighted by Gasteiger charge is -2.37. The number of rotatable bonds is 5. The molecule has 2 aromatic carbocycles. The van der Waals surface area contributed by atoms with Crippen molar-refractivity contribution in [1.29, 1.82) is 0 Å². The van der Waals surface area contributed by atoms with E-state index in [1.165, 1.54) is 11.3 Å². The van der Waals surface area contributed by atoms with E-state index in [1.54, 1.807) is 24.3 Å². The van der Waals surface area contributed by atoms with E-state index in [1.807, 2.05) is 23.1 Å². The van der Waals surface area contributed by atoms with Crippen molar-refractivity contribution in [3.8, 4) is 0 Å². The normalized spacial score (nSPS) is 13.9. The van der Waals surface area contributed by atoms with Crippen LogP contribution in [0, 0.1) is 6.92 Å². The van der Waals surface area contributed by atoms with Crippen molar-refractivity contribution >= 4 is 39.1 Å². The van der Waals surface area contributed by atoms with E-state index in [9.17, 15) is 9.59 Å². The van der Waals surface area contributed by atoms with Crippen LogP contribution in [0.15, 0.2) is 69.8 Å². The molecule has 0 atom stereocenters. The fourth-order valence-electron chi connectivity index (χ4n) is 3.74. The minimum atomic E-state index is -0.318. The van der Waals surface area contributed by atoms with Gasteiger partial charge in [0, 0.05) is 37.6 Å². The molecule has 31 heavy (non-hydrogen) atoms. The Hall–Kier alpha value is -3.06. The summed E-state index contributed by atoms with van der Waals surface area (Å²) in [5.74, 6) is 0.0404. The summed E-state index contributed by atoms with van der Waals surface area (Å²) >= 11 is 3.18. The molecule has 0 spiro atoms. The standard InChI is InChI=1S/C24H24BrN3O3/c1-17-4-2-3-5-20(17)27-12-14-28(15-13-27)23(29)16-18-6-8-19(9-7-18)26-24(30)21-10-11-22(25)31-21/h2-11H,12-16H2,1H3,(H,26,30). The summed E-state index contributed by atoms with van der Waals surface area (Å²) < 4.78 is 5.76. The number of halogens is 1.